The quantitative estimate of drug-likeness (QED) is 0.603. The van der Waals surface area contributed by atoms with Crippen molar-refractivity contribution >= 4 is 0 Å². The molecule has 4 heteroatoms. The third-order valence-corrected chi connectivity index (χ3v) is 4.52. The molecule has 1 aliphatic rings. The number of rotatable bonds is 6. The molecule has 1 fully saturated rings. The minimum absolute atomic E-state index is 0.246. The first kappa shape index (κ1) is 13.6. The maximum absolute atomic E-state index is 5.84. The third-order valence-electron chi connectivity index (χ3n) is 4.52. The molecule has 0 saturated heterocycles. The monoisotopic (exact) mass is 250 g/mol. The van der Waals surface area contributed by atoms with Gasteiger partial charge in [-0.2, -0.15) is 5.10 Å². The van der Waals surface area contributed by atoms with E-state index in [1.165, 1.54) is 37.7 Å². The van der Waals surface area contributed by atoms with Crippen LogP contribution in [0.2, 0.25) is 0 Å². The van der Waals surface area contributed by atoms with Gasteiger partial charge >= 0.3 is 0 Å². The van der Waals surface area contributed by atoms with Crippen molar-refractivity contribution in [2.45, 2.75) is 65.0 Å². The zero-order valence-electron chi connectivity index (χ0n) is 11.7. The van der Waals surface area contributed by atoms with E-state index in [2.05, 4.69) is 30.6 Å². The van der Waals surface area contributed by atoms with Crippen LogP contribution in [0.25, 0.3) is 0 Å². The molecule has 4 nitrogen and oxygen atoms in total. The Morgan fingerprint density at radius 1 is 1.44 bits per heavy atom. The van der Waals surface area contributed by atoms with Gasteiger partial charge in [-0.1, -0.05) is 26.7 Å². The van der Waals surface area contributed by atoms with Crippen LogP contribution >= 0.6 is 0 Å². The lowest BCUT2D eigenvalue weighted by Crippen LogP contribution is -2.39. The molecule has 0 aliphatic heterocycles. The molecule has 0 radical (unpaired) electrons. The van der Waals surface area contributed by atoms with Crippen LogP contribution in [-0.4, -0.2) is 9.78 Å². The van der Waals surface area contributed by atoms with Crippen molar-refractivity contribution in [3.8, 4) is 0 Å². The summed E-state index contributed by atoms with van der Waals surface area (Å²) in [5.74, 6) is 5.84. The Morgan fingerprint density at radius 2 is 2.17 bits per heavy atom. The second kappa shape index (κ2) is 5.85. The molecular formula is C14H26N4. The zero-order chi connectivity index (χ0) is 13.0. The van der Waals surface area contributed by atoms with Crippen LogP contribution in [0.1, 0.15) is 64.0 Å². The first-order valence-corrected chi connectivity index (χ1v) is 7.24. The molecule has 1 aromatic heterocycles. The minimum Gasteiger partial charge on any atom is -0.272 e. The summed E-state index contributed by atoms with van der Waals surface area (Å²) >= 11 is 0. The predicted molar refractivity (Wildman–Crippen MR) is 73.8 cm³/mol. The topological polar surface area (TPSA) is 55.9 Å². The maximum Gasteiger partial charge on any atom is 0.0547 e. The maximum atomic E-state index is 5.84. The first-order chi connectivity index (χ1) is 8.75. The van der Waals surface area contributed by atoms with Crippen LogP contribution in [0, 0.1) is 5.41 Å². The number of hydrazine groups is 1. The number of nitrogens with one attached hydrogen (secondary N) is 1. The van der Waals surface area contributed by atoms with Gasteiger partial charge < -0.3 is 0 Å². The smallest absolute Gasteiger partial charge is 0.0547 e. The van der Waals surface area contributed by atoms with Crippen molar-refractivity contribution in [1.82, 2.24) is 15.2 Å². The second-order valence-corrected chi connectivity index (χ2v) is 5.56. The van der Waals surface area contributed by atoms with E-state index in [0.29, 0.717) is 5.41 Å². The van der Waals surface area contributed by atoms with E-state index in [-0.39, 0.29) is 6.04 Å². The summed E-state index contributed by atoms with van der Waals surface area (Å²) in [6.07, 6.45) is 11.6. The van der Waals surface area contributed by atoms with E-state index >= 15 is 0 Å². The summed E-state index contributed by atoms with van der Waals surface area (Å²) < 4.78 is 2.03. The number of hydrogen-bond donors (Lipinski definition) is 2. The standard InChI is InChI=1S/C14H26N4/c1-3-9-18-11-12(10-16-18)13(17-15)14(4-2)7-5-6-8-14/h10-11,13,17H,3-9,15H2,1-2H3. The number of aryl methyl sites for hydroxylation is 1. The molecule has 1 aromatic rings. The Morgan fingerprint density at radius 3 is 2.72 bits per heavy atom. The molecular weight excluding hydrogens is 224 g/mol. The molecule has 1 atom stereocenters. The van der Waals surface area contributed by atoms with E-state index in [1.54, 1.807) is 0 Å². The predicted octanol–water partition coefficient (Wildman–Crippen LogP) is 2.77. The Hall–Kier alpha value is -0.870. The van der Waals surface area contributed by atoms with E-state index < -0.39 is 0 Å². The van der Waals surface area contributed by atoms with E-state index in [4.69, 9.17) is 5.84 Å². The van der Waals surface area contributed by atoms with Crippen molar-refractivity contribution in [2.24, 2.45) is 11.3 Å². The number of nitrogens with zero attached hydrogens (tertiary/aromatic N) is 2. The van der Waals surface area contributed by atoms with Gasteiger partial charge in [0.2, 0.25) is 0 Å². The van der Waals surface area contributed by atoms with Crippen molar-refractivity contribution in [3.05, 3.63) is 18.0 Å². The summed E-state index contributed by atoms with van der Waals surface area (Å²) in [5, 5.41) is 4.43. The fourth-order valence-corrected chi connectivity index (χ4v) is 3.43. The van der Waals surface area contributed by atoms with Crippen LogP contribution in [0.3, 0.4) is 0 Å². The molecule has 3 N–H and O–H groups in total. The largest absolute Gasteiger partial charge is 0.272 e. The fourth-order valence-electron chi connectivity index (χ4n) is 3.43. The second-order valence-electron chi connectivity index (χ2n) is 5.56. The van der Waals surface area contributed by atoms with Crippen LogP contribution in [0.15, 0.2) is 12.4 Å². The molecule has 1 heterocycles. The van der Waals surface area contributed by atoms with Gasteiger partial charge in [0.1, 0.15) is 0 Å². The molecule has 1 unspecified atom stereocenters. The van der Waals surface area contributed by atoms with Gasteiger partial charge in [0.25, 0.3) is 0 Å². The highest BCUT2D eigenvalue weighted by Crippen LogP contribution is 2.49. The van der Waals surface area contributed by atoms with E-state index in [0.717, 1.165) is 13.0 Å². The Labute approximate surface area is 110 Å². The van der Waals surface area contributed by atoms with Gasteiger partial charge in [-0.3, -0.25) is 16.0 Å². The average Bonchev–Trinajstić information content (AvgIpc) is 3.01. The van der Waals surface area contributed by atoms with Crippen LogP contribution in [-0.2, 0) is 6.54 Å². The average molecular weight is 250 g/mol. The molecule has 102 valence electrons. The minimum atomic E-state index is 0.246. The number of nitrogens with two attached hydrogens (primary N) is 1. The highest BCUT2D eigenvalue weighted by atomic mass is 15.3. The van der Waals surface area contributed by atoms with Crippen LogP contribution < -0.4 is 11.3 Å². The van der Waals surface area contributed by atoms with Crippen molar-refractivity contribution in [3.63, 3.8) is 0 Å². The Kier molecular flexibility index (Phi) is 4.40. The fraction of sp³-hybridized carbons (Fsp3) is 0.786. The van der Waals surface area contributed by atoms with Gasteiger partial charge in [-0.15, -0.1) is 0 Å². The van der Waals surface area contributed by atoms with Crippen molar-refractivity contribution in [1.29, 1.82) is 0 Å². The first-order valence-electron chi connectivity index (χ1n) is 7.24. The lowest BCUT2D eigenvalue weighted by atomic mass is 9.74. The van der Waals surface area contributed by atoms with Crippen LogP contribution in [0.5, 0.6) is 0 Å². The normalized spacial score (nSPS) is 20.2. The molecule has 0 spiro atoms. The molecule has 0 bridgehead atoms. The van der Waals surface area contributed by atoms with Crippen molar-refractivity contribution < 1.29 is 0 Å². The van der Waals surface area contributed by atoms with Gasteiger partial charge in [0.05, 0.1) is 12.2 Å². The van der Waals surface area contributed by atoms with Gasteiger partial charge in [0.15, 0.2) is 0 Å². The van der Waals surface area contributed by atoms with Gasteiger partial charge in [-0.25, -0.2) is 0 Å². The molecule has 2 rings (SSSR count). The molecule has 0 aromatic carbocycles. The SMILES string of the molecule is CCCn1cc(C(NN)C2(CC)CCCC2)cn1. The molecule has 1 saturated carbocycles. The summed E-state index contributed by atoms with van der Waals surface area (Å²) in [5.41, 5.74) is 4.63. The lowest BCUT2D eigenvalue weighted by molar-refractivity contribution is 0.188. The Bertz CT molecular complexity index is 366. The molecule has 1 aliphatic carbocycles. The summed E-state index contributed by atoms with van der Waals surface area (Å²) in [4.78, 5) is 0. The van der Waals surface area contributed by atoms with Gasteiger partial charge in [-0.05, 0) is 31.1 Å². The lowest BCUT2D eigenvalue weighted by Gasteiger charge is -2.36. The number of aromatic nitrogens is 2. The van der Waals surface area contributed by atoms with E-state index in [9.17, 15) is 0 Å². The van der Waals surface area contributed by atoms with Crippen molar-refractivity contribution in [2.75, 3.05) is 0 Å². The summed E-state index contributed by atoms with van der Waals surface area (Å²) in [7, 11) is 0. The Balaban J connectivity index is 2.20. The highest BCUT2D eigenvalue weighted by Gasteiger charge is 2.40. The summed E-state index contributed by atoms with van der Waals surface area (Å²) in [6, 6.07) is 0.246. The highest BCUT2D eigenvalue weighted by molar-refractivity contribution is 5.15. The zero-order valence-corrected chi connectivity index (χ0v) is 11.7. The molecule has 18 heavy (non-hydrogen) atoms. The van der Waals surface area contributed by atoms with Gasteiger partial charge in [0, 0.05) is 18.3 Å². The van der Waals surface area contributed by atoms with E-state index in [1.807, 2.05) is 10.9 Å². The third kappa shape index (κ3) is 2.45. The summed E-state index contributed by atoms with van der Waals surface area (Å²) in [6.45, 7) is 5.44. The van der Waals surface area contributed by atoms with Crippen LogP contribution in [0.4, 0.5) is 0 Å². The number of hydrogen-bond acceptors (Lipinski definition) is 3. The molecule has 0 amide bonds.